The first-order valence-corrected chi connectivity index (χ1v) is 6.01. The Morgan fingerprint density at radius 2 is 2.31 bits per heavy atom. The molecule has 2 atom stereocenters. The van der Waals surface area contributed by atoms with Crippen LogP contribution in [-0.2, 0) is 11.2 Å². The highest BCUT2D eigenvalue weighted by Gasteiger charge is 2.36. The predicted molar refractivity (Wildman–Crippen MR) is 62.1 cm³/mol. The van der Waals surface area contributed by atoms with E-state index in [4.69, 9.17) is 4.74 Å². The second kappa shape index (κ2) is 5.41. The molecule has 1 fully saturated rings. The summed E-state index contributed by atoms with van der Waals surface area (Å²) in [6.07, 6.45) is 4.28. The van der Waals surface area contributed by atoms with Crippen LogP contribution in [0.2, 0.25) is 0 Å². The highest BCUT2D eigenvalue weighted by molar-refractivity contribution is 5.05. The zero-order valence-corrected chi connectivity index (χ0v) is 9.67. The number of nitrogens with zero attached hydrogens (tertiary/aromatic N) is 1. The lowest BCUT2D eigenvalue weighted by Crippen LogP contribution is -2.33. The van der Waals surface area contributed by atoms with Gasteiger partial charge in [-0.2, -0.15) is 0 Å². The standard InChI is InChI=1S/C13H19NO2/c1-2-16-13(10-6-7-10)12(15)9-11-5-3-4-8-14-11/h3-5,8,10,12-13,15H,2,6-7,9H2,1H3. The summed E-state index contributed by atoms with van der Waals surface area (Å²) in [5.41, 5.74) is 0.931. The summed E-state index contributed by atoms with van der Waals surface area (Å²) in [6, 6.07) is 5.78. The van der Waals surface area contributed by atoms with E-state index in [1.807, 2.05) is 25.1 Å². The van der Waals surface area contributed by atoms with Gasteiger partial charge in [0.2, 0.25) is 0 Å². The summed E-state index contributed by atoms with van der Waals surface area (Å²) >= 11 is 0. The normalized spacial score (nSPS) is 19.4. The van der Waals surface area contributed by atoms with Crippen molar-refractivity contribution >= 4 is 0 Å². The van der Waals surface area contributed by atoms with Gasteiger partial charge in [-0.3, -0.25) is 4.98 Å². The average molecular weight is 221 g/mol. The molecule has 1 aromatic rings. The fourth-order valence-electron chi connectivity index (χ4n) is 2.03. The van der Waals surface area contributed by atoms with Crippen LogP contribution in [0.25, 0.3) is 0 Å². The maximum Gasteiger partial charge on any atom is 0.0865 e. The molecule has 2 rings (SSSR count). The van der Waals surface area contributed by atoms with Gasteiger partial charge in [0.05, 0.1) is 12.2 Å². The highest BCUT2D eigenvalue weighted by Crippen LogP contribution is 2.36. The molecule has 0 bridgehead atoms. The molecule has 16 heavy (non-hydrogen) atoms. The van der Waals surface area contributed by atoms with E-state index in [2.05, 4.69) is 4.98 Å². The van der Waals surface area contributed by atoms with Gasteiger partial charge in [-0.25, -0.2) is 0 Å². The number of pyridine rings is 1. The Morgan fingerprint density at radius 1 is 1.50 bits per heavy atom. The maximum atomic E-state index is 10.1. The van der Waals surface area contributed by atoms with Gasteiger partial charge in [-0.15, -0.1) is 0 Å². The molecular weight excluding hydrogens is 202 g/mol. The number of aromatic nitrogens is 1. The minimum Gasteiger partial charge on any atom is -0.390 e. The van der Waals surface area contributed by atoms with Crippen molar-refractivity contribution in [2.75, 3.05) is 6.61 Å². The molecule has 0 aromatic carbocycles. The zero-order valence-electron chi connectivity index (χ0n) is 9.67. The second-order valence-electron chi connectivity index (χ2n) is 4.35. The predicted octanol–water partition coefficient (Wildman–Crippen LogP) is 1.80. The third kappa shape index (κ3) is 3.03. The summed E-state index contributed by atoms with van der Waals surface area (Å²) in [6.45, 7) is 2.64. The monoisotopic (exact) mass is 221 g/mol. The summed E-state index contributed by atoms with van der Waals surface area (Å²) < 4.78 is 5.62. The van der Waals surface area contributed by atoms with E-state index in [9.17, 15) is 5.11 Å². The lowest BCUT2D eigenvalue weighted by molar-refractivity contribution is -0.0443. The molecule has 0 amide bonds. The summed E-state index contributed by atoms with van der Waals surface area (Å²) in [5, 5.41) is 10.1. The van der Waals surface area contributed by atoms with Crippen molar-refractivity contribution in [1.29, 1.82) is 0 Å². The van der Waals surface area contributed by atoms with Gasteiger partial charge in [0.25, 0.3) is 0 Å². The lowest BCUT2D eigenvalue weighted by atomic mass is 10.0. The number of hydrogen-bond acceptors (Lipinski definition) is 3. The molecule has 1 saturated carbocycles. The summed E-state index contributed by atoms with van der Waals surface area (Å²) in [5.74, 6) is 0.554. The van der Waals surface area contributed by atoms with E-state index >= 15 is 0 Å². The van der Waals surface area contributed by atoms with E-state index in [-0.39, 0.29) is 6.10 Å². The largest absolute Gasteiger partial charge is 0.390 e. The molecule has 1 aliphatic rings. The molecule has 0 radical (unpaired) electrons. The maximum absolute atomic E-state index is 10.1. The first-order valence-electron chi connectivity index (χ1n) is 6.01. The zero-order chi connectivity index (χ0) is 11.4. The van der Waals surface area contributed by atoms with Gasteiger partial charge < -0.3 is 9.84 Å². The smallest absolute Gasteiger partial charge is 0.0865 e. The Hall–Kier alpha value is -0.930. The molecule has 1 aromatic heterocycles. The van der Waals surface area contributed by atoms with Crippen molar-refractivity contribution in [2.45, 2.75) is 38.4 Å². The molecule has 3 heteroatoms. The molecule has 3 nitrogen and oxygen atoms in total. The van der Waals surface area contributed by atoms with Crippen LogP contribution in [0.1, 0.15) is 25.5 Å². The van der Waals surface area contributed by atoms with Crippen molar-refractivity contribution < 1.29 is 9.84 Å². The number of aliphatic hydroxyl groups excluding tert-OH is 1. The average Bonchev–Trinajstić information content (AvgIpc) is 3.11. The van der Waals surface area contributed by atoms with Crippen LogP contribution in [0.4, 0.5) is 0 Å². The molecule has 2 unspecified atom stereocenters. The summed E-state index contributed by atoms with van der Waals surface area (Å²) in [4.78, 5) is 4.23. The summed E-state index contributed by atoms with van der Waals surface area (Å²) in [7, 11) is 0. The molecular formula is C13H19NO2. The van der Waals surface area contributed by atoms with Crippen molar-refractivity contribution in [1.82, 2.24) is 4.98 Å². The molecule has 1 aliphatic carbocycles. The molecule has 0 saturated heterocycles. The Balaban J connectivity index is 1.92. The van der Waals surface area contributed by atoms with E-state index in [0.717, 1.165) is 5.69 Å². The van der Waals surface area contributed by atoms with E-state index in [0.29, 0.717) is 18.9 Å². The van der Waals surface area contributed by atoms with Crippen LogP contribution in [0.5, 0.6) is 0 Å². The first kappa shape index (κ1) is 11.6. The van der Waals surface area contributed by atoms with Gasteiger partial charge in [-0.05, 0) is 37.8 Å². The third-order valence-electron chi connectivity index (χ3n) is 2.97. The van der Waals surface area contributed by atoms with Crippen LogP contribution in [0, 0.1) is 5.92 Å². The molecule has 1 N–H and O–H groups in total. The fraction of sp³-hybridized carbons (Fsp3) is 0.615. The SMILES string of the molecule is CCOC(C(O)Cc1ccccn1)C1CC1. The van der Waals surface area contributed by atoms with Crippen molar-refractivity contribution in [3.05, 3.63) is 30.1 Å². The Kier molecular flexibility index (Phi) is 3.91. The van der Waals surface area contributed by atoms with Crippen LogP contribution < -0.4 is 0 Å². The van der Waals surface area contributed by atoms with Gasteiger partial charge in [0.15, 0.2) is 0 Å². The lowest BCUT2D eigenvalue weighted by Gasteiger charge is -2.22. The number of ether oxygens (including phenoxy) is 1. The Bertz CT molecular complexity index is 311. The number of hydrogen-bond donors (Lipinski definition) is 1. The molecule has 0 spiro atoms. The van der Waals surface area contributed by atoms with Gasteiger partial charge >= 0.3 is 0 Å². The van der Waals surface area contributed by atoms with Gasteiger partial charge in [-0.1, -0.05) is 6.07 Å². The van der Waals surface area contributed by atoms with E-state index < -0.39 is 6.10 Å². The second-order valence-corrected chi connectivity index (χ2v) is 4.35. The van der Waals surface area contributed by atoms with Crippen molar-refractivity contribution in [3.8, 4) is 0 Å². The Labute approximate surface area is 96.5 Å². The number of aliphatic hydroxyl groups is 1. The van der Waals surface area contributed by atoms with E-state index in [1.54, 1.807) is 6.20 Å². The third-order valence-corrected chi connectivity index (χ3v) is 2.97. The number of rotatable bonds is 6. The minimum absolute atomic E-state index is 0.00740. The molecule has 0 aliphatic heterocycles. The highest BCUT2D eigenvalue weighted by atomic mass is 16.5. The topological polar surface area (TPSA) is 42.4 Å². The first-order chi connectivity index (χ1) is 7.81. The van der Waals surface area contributed by atoms with Crippen LogP contribution in [0.3, 0.4) is 0 Å². The van der Waals surface area contributed by atoms with Crippen molar-refractivity contribution in [2.24, 2.45) is 5.92 Å². The fourth-order valence-corrected chi connectivity index (χ4v) is 2.03. The van der Waals surface area contributed by atoms with Crippen LogP contribution in [-0.4, -0.2) is 28.9 Å². The molecule has 88 valence electrons. The van der Waals surface area contributed by atoms with Crippen LogP contribution in [0.15, 0.2) is 24.4 Å². The van der Waals surface area contributed by atoms with Gasteiger partial charge in [0.1, 0.15) is 0 Å². The molecule has 1 heterocycles. The van der Waals surface area contributed by atoms with Crippen LogP contribution >= 0.6 is 0 Å². The quantitative estimate of drug-likeness (QED) is 0.796. The van der Waals surface area contributed by atoms with Gasteiger partial charge in [0, 0.05) is 24.9 Å². The van der Waals surface area contributed by atoms with Crippen molar-refractivity contribution in [3.63, 3.8) is 0 Å². The Morgan fingerprint density at radius 3 is 2.88 bits per heavy atom. The minimum atomic E-state index is -0.428. The van der Waals surface area contributed by atoms with E-state index in [1.165, 1.54) is 12.8 Å².